The number of hydrogen-bond acceptors (Lipinski definition) is 8. The van der Waals surface area contributed by atoms with Gasteiger partial charge >= 0.3 is 0 Å². The van der Waals surface area contributed by atoms with Crippen molar-refractivity contribution in [2.24, 2.45) is 17.8 Å². The number of thioether (sulfide) groups is 1. The van der Waals surface area contributed by atoms with Gasteiger partial charge in [0.15, 0.2) is 0 Å². The van der Waals surface area contributed by atoms with E-state index in [-0.39, 0.29) is 64.9 Å². The van der Waals surface area contributed by atoms with Crippen LogP contribution in [0.1, 0.15) is 32.6 Å². The molecule has 5 rings (SSSR count). The minimum atomic E-state index is -2.64. The molecule has 0 spiro atoms. The SMILES string of the molecule is COC1CNC(Cl)CC1C1CC(C)NCC1C(=O)NC1NC2CN(C(=O)C3NC(C(F)F)CCC3F)CC2S1. The molecule has 12 atom stereocenters. The zero-order valence-corrected chi connectivity index (χ0v) is 23.8. The van der Waals surface area contributed by atoms with Crippen LogP contribution in [-0.2, 0) is 14.3 Å². The number of ether oxygens (including phenoxy) is 1. The van der Waals surface area contributed by atoms with Crippen molar-refractivity contribution in [1.29, 1.82) is 0 Å². The number of fused-ring (bicyclic) bond motifs is 1. The number of methoxy groups -OCH3 is 1. The second kappa shape index (κ2) is 12.6. The first-order valence-corrected chi connectivity index (χ1v) is 15.3. The molecule has 12 unspecified atom stereocenters. The number of likely N-dealkylation sites (tertiary alicyclic amines) is 1. The van der Waals surface area contributed by atoms with E-state index in [0.717, 1.165) is 12.8 Å². The lowest BCUT2D eigenvalue weighted by Gasteiger charge is -2.45. The predicted octanol–water partition coefficient (Wildman–Crippen LogP) is 0.829. The molecule has 0 aliphatic carbocycles. The van der Waals surface area contributed by atoms with Crippen LogP contribution >= 0.6 is 23.4 Å². The Morgan fingerprint density at radius 2 is 1.90 bits per heavy atom. The van der Waals surface area contributed by atoms with Crippen LogP contribution in [0.2, 0.25) is 0 Å². The molecular formula is C25H40ClF3N6O3S. The minimum absolute atomic E-state index is 0.00833. The van der Waals surface area contributed by atoms with Gasteiger partial charge in [0.05, 0.1) is 23.6 Å². The maximum absolute atomic E-state index is 14.5. The van der Waals surface area contributed by atoms with E-state index >= 15 is 0 Å². The molecule has 0 aromatic rings. The van der Waals surface area contributed by atoms with Gasteiger partial charge in [0.2, 0.25) is 11.8 Å². The number of piperidine rings is 3. The summed E-state index contributed by atoms with van der Waals surface area (Å²) >= 11 is 7.98. The maximum atomic E-state index is 14.5. The van der Waals surface area contributed by atoms with Crippen LogP contribution in [0, 0.1) is 17.8 Å². The zero-order valence-electron chi connectivity index (χ0n) is 22.3. The Labute approximate surface area is 236 Å². The molecule has 5 aliphatic rings. The third-order valence-corrected chi connectivity index (χ3v) is 10.8. The topological polar surface area (TPSA) is 107 Å². The lowest BCUT2D eigenvalue weighted by atomic mass is 9.70. The van der Waals surface area contributed by atoms with Crippen molar-refractivity contribution < 1.29 is 27.5 Å². The van der Waals surface area contributed by atoms with Gasteiger partial charge in [-0.05, 0) is 44.4 Å². The van der Waals surface area contributed by atoms with Crippen LogP contribution in [0.4, 0.5) is 13.2 Å². The highest BCUT2D eigenvalue weighted by Gasteiger charge is 2.48. The van der Waals surface area contributed by atoms with Crippen LogP contribution < -0.4 is 26.6 Å². The Hall–Kier alpha value is -0.830. The smallest absolute Gasteiger partial charge is 0.253 e. The van der Waals surface area contributed by atoms with Gasteiger partial charge in [0, 0.05) is 50.6 Å². The maximum Gasteiger partial charge on any atom is 0.253 e. The molecule has 14 heteroatoms. The lowest BCUT2D eigenvalue weighted by molar-refractivity contribution is -0.136. The Morgan fingerprint density at radius 1 is 1.10 bits per heavy atom. The van der Waals surface area contributed by atoms with Crippen molar-refractivity contribution in [3.63, 3.8) is 0 Å². The van der Waals surface area contributed by atoms with Crippen LogP contribution in [-0.4, -0.2) is 109 Å². The first-order chi connectivity index (χ1) is 18.6. The molecule has 0 radical (unpaired) electrons. The molecule has 2 amide bonds. The normalized spacial score (nSPS) is 44.8. The molecule has 0 saturated carbocycles. The van der Waals surface area contributed by atoms with E-state index < -0.39 is 30.6 Å². The number of carbonyl (C=O) groups is 2. The van der Waals surface area contributed by atoms with Gasteiger partial charge < -0.3 is 20.3 Å². The van der Waals surface area contributed by atoms with Gasteiger partial charge in [0.1, 0.15) is 17.7 Å². The summed E-state index contributed by atoms with van der Waals surface area (Å²) in [7, 11) is 1.70. The highest BCUT2D eigenvalue weighted by molar-refractivity contribution is 8.00. The zero-order chi connectivity index (χ0) is 27.8. The summed E-state index contributed by atoms with van der Waals surface area (Å²) < 4.78 is 46.6. The van der Waals surface area contributed by atoms with Crippen molar-refractivity contribution in [2.75, 3.05) is 33.3 Å². The van der Waals surface area contributed by atoms with Crippen molar-refractivity contribution in [3.8, 4) is 0 Å². The molecule has 222 valence electrons. The quantitative estimate of drug-likeness (QED) is 0.227. The van der Waals surface area contributed by atoms with E-state index in [1.54, 1.807) is 23.8 Å². The molecule has 9 nitrogen and oxygen atoms in total. The highest BCUT2D eigenvalue weighted by Crippen LogP contribution is 2.39. The van der Waals surface area contributed by atoms with E-state index in [4.69, 9.17) is 16.3 Å². The third-order valence-electron chi connectivity index (χ3n) is 9.12. The summed E-state index contributed by atoms with van der Waals surface area (Å²) in [4.78, 5) is 28.1. The molecular weight excluding hydrogens is 557 g/mol. The van der Waals surface area contributed by atoms with Crippen molar-refractivity contribution in [2.45, 2.75) is 91.7 Å². The number of hydrogen-bond donors (Lipinski definition) is 5. The van der Waals surface area contributed by atoms with Gasteiger partial charge in [-0.3, -0.25) is 25.5 Å². The Balaban J connectivity index is 1.16. The number of alkyl halides is 4. The van der Waals surface area contributed by atoms with E-state index in [2.05, 4.69) is 33.5 Å². The van der Waals surface area contributed by atoms with E-state index in [1.807, 2.05) is 0 Å². The van der Waals surface area contributed by atoms with Crippen LogP contribution in [0.3, 0.4) is 0 Å². The van der Waals surface area contributed by atoms with Gasteiger partial charge in [-0.1, -0.05) is 0 Å². The average molecular weight is 597 g/mol. The summed E-state index contributed by atoms with van der Waals surface area (Å²) in [6, 6.07) is -2.19. The number of carbonyl (C=O) groups excluding carboxylic acids is 2. The lowest BCUT2D eigenvalue weighted by Crippen LogP contribution is -2.59. The van der Waals surface area contributed by atoms with E-state index in [9.17, 15) is 22.8 Å². The molecule has 5 saturated heterocycles. The summed E-state index contributed by atoms with van der Waals surface area (Å²) in [6.07, 6.45) is -2.57. The summed E-state index contributed by atoms with van der Waals surface area (Å²) in [5.41, 5.74) is -0.452. The van der Waals surface area contributed by atoms with Crippen LogP contribution in [0.25, 0.3) is 0 Å². The third kappa shape index (κ3) is 6.49. The molecule has 5 fully saturated rings. The number of rotatable bonds is 6. The fourth-order valence-corrected chi connectivity index (χ4v) is 8.69. The Bertz CT molecular complexity index is 884. The highest BCUT2D eigenvalue weighted by atomic mass is 35.5. The standard InChI is InChI=1S/C25H40ClF3N6O3S/c1-11-5-12(13-6-20(26)31-8-18(13)38-2)14(7-30-11)23(36)34-25-33-17-9-35(10-19(17)39-25)24(37)21-15(27)3-4-16(32-21)22(28)29/h11-22,25,30-33H,3-10H2,1-2H3,(H,34,36). The number of nitrogens with one attached hydrogen (secondary N) is 5. The number of halogens is 4. The average Bonchev–Trinajstić information content (AvgIpc) is 3.47. The summed E-state index contributed by atoms with van der Waals surface area (Å²) in [6.45, 7) is 4.09. The van der Waals surface area contributed by atoms with E-state index in [0.29, 0.717) is 32.2 Å². The van der Waals surface area contributed by atoms with Crippen LogP contribution in [0.15, 0.2) is 0 Å². The molecule has 5 heterocycles. The second-order valence-electron chi connectivity index (χ2n) is 11.6. The molecule has 39 heavy (non-hydrogen) atoms. The second-order valence-corrected chi connectivity index (χ2v) is 13.5. The Kier molecular flexibility index (Phi) is 9.57. The summed E-state index contributed by atoms with van der Waals surface area (Å²) in [5.74, 6) is -0.431. The minimum Gasteiger partial charge on any atom is -0.380 e. The van der Waals surface area contributed by atoms with Gasteiger partial charge in [0.25, 0.3) is 6.43 Å². The number of amides is 2. The van der Waals surface area contributed by atoms with E-state index in [1.165, 1.54) is 0 Å². The van der Waals surface area contributed by atoms with Gasteiger partial charge in [-0.2, -0.15) is 0 Å². The predicted molar refractivity (Wildman–Crippen MR) is 143 cm³/mol. The van der Waals surface area contributed by atoms with Gasteiger partial charge in [-0.25, -0.2) is 13.2 Å². The Morgan fingerprint density at radius 3 is 2.62 bits per heavy atom. The molecule has 0 aromatic carbocycles. The van der Waals surface area contributed by atoms with Gasteiger partial charge in [-0.15, -0.1) is 23.4 Å². The van der Waals surface area contributed by atoms with Crippen LogP contribution in [0.5, 0.6) is 0 Å². The van der Waals surface area contributed by atoms with Crippen molar-refractivity contribution >= 4 is 35.2 Å². The largest absolute Gasteiger partial charge is 0.380 e. The molecule has 5 N–H and O–H groups in total. The first kappa shape index (κ1) is 29.7. The summed E-state index contributed by atoms with van der Waals surface area (Å²) in [5, 5.41) is 15.8. The molecule has 0 bridgehead atoms. The fourth-order valence-electron chi connectivity index (χ4n) is 6.99. The number of nitrogens with zero attached hydrogens (tertiary/aromatic N) is 1. The monoisotopic (exact) mass is 596 g/mol. The molecule has 5 aliphatic heterocycles. The van der Waals surface area contributed by atoms with Crippen molar-refractivity contribution in [3.05, 3.63) is 0 Å². The van der Waals surface area contributed by atoms with Crippen molar-refractivity contribution in [1.82, 2.24) is 31.5 Å². The molecule has 0 aromatic heterocycles. The first-order valence-electron chi connectivity index (χ1n) is 14.0. The fraction of sp³-hybridized carbons (Fsp3) is 0.920.